The lowest BCUT2D eigenvalue weighted by Crippen LogP contribution is -2.41. The van der Waals surface area contributed by atoms with Crippen LogP contribution in [0.25, 0.3) is 11.2 Å². The average molecular weight is 569 g/mol. The largest absolute Gasteiger partial charge is 0.468 e. The maximum atomic E-state index is 14.1. The number of hydrogen-bond acceptors (Lipinski definition) is 10. The van der Waals surface area contributed by atoms with Crippen LogP contribution in [0.4, 0.5) is 5.82 Å². The van der Waals surface area contributed by atoms with Gasteiger partial charge in [-0.1, -0.05) is 39.0 Å². The molecule has 208 valence electrons. The fraction of sp³-hybridized carbons (Fsp3) is 0.500. The molecule has 0 bridgehead atoms. The van der Waals surface area contributed by atoms with Crippen LogP contribution in [-0.2, 0) is 14.1 Å². The predicted octanol–water partition coefficient (Wildman–Crippen LogP) is 3.18. The fourth-order valence-electron chi connectivity index (χ4n) is 4.67. The zero-order valence-corrected chi connectivity index (χ0v) is 23.6. The minimum absolute atomic E-state index is 0.0840. The molecule has 1 fully saturated rings. The summed E-state index contributed by atoms with van der Waals surface area (Å²) in [7, 11) is -2.60. The van der Waals surface area contributed by atoms with Crippen molar-refractivity contribution in [3.05, 3.63) is 41.9 Å². The SMILES string of the molecule is CC.COC(=O)C(C)NP(=O)(CC1(C)C[C@@H](n2cnc3c(N)nc(Cl)nc32)[C@H](O)[C@@H]1O)Oc1ccccc1. The highest BCUT2D eigenvalue weighted by atomic mass is 35.5. The van der Waals surface area contributed by atoms with Gasteiger partial charge in [-0.25, -0.2) is 10.1 Å². The predicted molar refractivity (Wildman–Crippen MR) is 144 cm³/mol. The Morgan fingerprint density at radius 1 is 1.32 bits per heavy atom. The molecular weight excluding hydrogens is 535 g/mol. The molecule has 4 rings (SSSR count). The summed E-state index contributed by atoms with van der Waals surface area (Å²) < 4.78 is 26.3. The van der Waals surface area contributed by atoms with Gasteiger partial charge in [0.1, 0.15) is 23.4 Å². The van der Waals surface area contributed by atoms with E-state index in [1.807, 2.05) is 13.8 Å². The summed E-state index contributed by atoms with van der Waals surface area (Å²) in [5.41, 5.74) is 5.41. The number of ether oxygens (including phenoxy) is 1. The number of halogens is 1. The summed E-state index contributed by atoms with van der Waals surface area (Å²) in [4.78, 5) is 24.4. The summed E-state index contributed by atoms with van der Waals surface area (Å²) >= 11 is 5.98. The van der Waals surface area contributed by atoms with Crippen molar-refractivity contribution in [2.45, 2.75) is 58.4 Å². The van der Waals surface area contributed by atoms with Gasteiger partial charge in [0.15, 0.2) is 11.5 Å². The van der Waals surface area contributed by atoms with Gasteiger partial charge in [-0.3, -0.25) is 9.36 Å². The van der Waals surface area contributed by atoms with E-state index in [2.05, 4.69) is 20.0 Å². The van der Waals surface area contributed by atoms with Crippen LogP contribution in [0.1, 0.15) is 40.2 Å². The number of benzene rings is 1. The molecule has 14 heteroatoms. The Bertz CT molecular complexity index is 1310. The van der Waals surface area contributed by atoms with Gasteiger partial charge in [-0.2, -0.15) is 9.97 Å². The maximum Gasteiger partial charge on any atom is 0.323 e. The number of nitrogens with two attached hydrogens (primary N) is 1. The van der Waals surface area contributed by atoms with Crippen LogP contribution in [0.3, 0.4) is 0 Å². The first-order chi connectivity index (χ1) is 18.0. The Balaban J connectivity index is 0.00000195. The van der Waals surface area contributed by atoms with Crippen molar-refractivity contribution < 1.29 is 28.8 Å². The molecule has 0 spiro atoms. The third kappa shape index (κ3) is 6.10. The molecule has 1 saturated carbocycles. The first-order valence-corrected chi connectivity index (χ1v) is 14.4. The van der Waals surface area contributed by atoms with E-state index in [0.29, 0.717) is 16.9 Å². The van der Waals surface area contributed by atoms with Crippen LogP contribution >= 0.6 is 19.1 Å². The van der Waals surface area contributed by atoms with Gasteiger partial charge in [0, 0.05) is 5.41 Å². The molecule has 3 unspecified atom stereocenters. The van der Waals surface area contributed by atoms with Crippen LogP contribution < -0.4 is 15.3 Å². The Hall–Kier alpha value is -2.76. The van der Waals surface area contributed by atoms with Crippen molar-refractivity contribution in [3.8, 4) is 5.75 Å². The molecule has 1 aromatic carbocycles. The van der Waals surface area contributed by atoms with E-state index in [1.165, 1.54) is 20.4 Å². The molecule has 0 amide bonds. The van der Waals surface area contributed by atoms with Crippen LogP contribution in [-0.4, -0.2) is 67.2 Å². The number of para-hydroxylation sites is 1. The molecule has 5 N–H and O–H groups in total. The van der Waals surface area contributed by atoms with Crippen LogP contribution in [0.15, 0.2) is 36.7 Å². The lowest BCUT2D eigenvalue weighted by molar-refractivity contribution is -0.142. The molecule has 0 saturated heterocycles. The molecule has 12 nitrogen and oxygen atoms in total. The minimum Gasteiger partial charge on any atom is -0.468 e. The molecule has 0 radical (unpaired) electrons. The number of hydrogen-bond donors (Lipinski definition) is 4. The number of aliphatic hydroxyl groups is 2. The standard InChI is InChI=1S/C22H28ClN6O6P.C2H6/c1-12(20(32)34-3)28-36(33,35-13-7-5-4-6-8-13)10-22(2)9-14(16(30)17(22)31)29-11-25-15-18(24)26-21(23)27-19(15)29;1-2/h4-8,11-12,14,16-17,30-31H,9-10H2,1-3H3,(H,28,33)(H2,24,26,27);1-2H3/t12?,14-,16+,17+,22?,36?;/m1./s1. The highest BCUT2D eigenvalue weighted by Crippen LogP contribution is 2.55. The fourth-order valence-corrected chi connectivity index (χ4v) is 7.48. The van der Waals surface area contributed by atoms with Crippen molar-refractivity contribution in [1.82, 2.24) is 24.6 Å². The summed E-state index contributed by atoms with van der Waals surface area (Å²) in [5, 5.41) is 24.8. The summed E-state index contributed by atoms with van der Waals surface area (Å²) in [6, 6.07) is 6.84. The third-order valence-corrected chi connectivity index (χ3v) is 8.99. The van der Waals surface area contributed by atoms with Gasteiger partial charge in [-0.05, 0) is 37.1 Å². The zero-order chi connectivity index (χ0) is 28.3. The summed E-state index contributed by atoms with van der Waals surface area (Å²) in [5.74, 6) is -0.219. The number of esters is 1. The molecule has 6 atom stereocenters. The van der Waals surface area contributed by atoms with E-state index in [9.17, 15) is 19.6 Å². The summed E-state index contributed by atoms with van der Waals surface area (Å²) in [6.07, 6.45) is -1.13. The first-order valence-electron chi connectivity index (χ1n) is 12.2. The van der Waals surface area contributed by atoms with Gasteiger partial charge in [0.05, 0.1) is 31.7 Å². The Labute approximate surface area is 226 Å². The monoisotopic (exact) mass is 568 g/mol. The second kappa shape index (κ2) is 12.0. The average Bonchev–Trinajstić information content (AvgIpc) is 3.39. The van der Waals surface area contributed by atoms with E-state index < -0.39 is 43.2 Å². The number of carbonyl (C=O) groups is 1. The Kier molecular flexibility index (Phi) is 9.38. The van der Waals surface area contributed by atoms with Gasteiger partial charge < -0.3 is 29.8 Å². The minimum atomic E-state index is -3.82. The molecule has 38 heavy (non-hydrogen) atoms. The molecular formula is C24H34ClN6O6P. The van der Waals surface area contributed by atoms with Crippen LogP contribution in [0.2, 0.25) is 5.28 Å². The van der Waals surface area contributed by atoms with Gasteiger partial charge in [0.25, 0.3) is 0 Å². The van der Waals surface area contributed by atoms with E-state index in [0.717, 1.165) is 0 Å². The first kappa shape index (κ1) is 29.8. The number of rotatable bonds is 8. The van der Waals surface area contributed by atoms with Crippen molar-refractivity contribution in [3.63, 3.8) is 0 Å². The zero-order valence-electron chi connectivity index (χ0n) is 21.9. The lowest BCUT2D eigenvalue weighted by atomic mass is 9.88. The second-order valence-electron chi connectivity index (χ2n) is 9.17. The molecule has 2 aromatic heterocycles. The number of imidazole rings is 1. The normalized spacial score (nSPS) is 25.2. The number of carbonyl (C=O) groups excluding carboxylic acids is 1. The van der Waals surface area contributed by atoms with Crippen molar-refractivity contribution in [1.29, 1.82) is 0 Å². The van der Waals surface area contributed by atoms with Crippen molar-refractivity contribution >= 4 is 42.1 Å². The van der Waals surface area contributed by atoms with E-state index in [-0.39, 0.29) is 23.7 Å². The molecule has 1 aliphatic carbocycles. The molecule has 0 aliphatic heterocycles. The number of nitrogens with one attached hydrogen (secondary N) is 1. The number of aromatic nitrogens is 4. The van der Waals surface area contributed by atoms with Crippen LogP contribution in [0, 0.1) is 5.41 Å². The van der Waals surface area contributed by atoms with Crippen molar-refractivity contribution in [2.24, 2.45) is 5.41 Å². The van der Waals surface area contributed by atoms with Gasteiger partial charge >= 0.3 is 13.5 Å². The number of nitrogens with zero attached hydrogens (tertiary/aromatic N) is 4. The molecule has 1 aliphatic rings. The highest BCUT2D eigenvalue weighted by molar-refractivity contribution is 7.57. The quantitative estimate of drug-likeness (QED) is 0.178. The maximum absolute atomic E-state index is 14.1. The third-order valence-electron chi connectivity index (χ3n) is 6.40. The molecule has 2 heterocycles. The number of methoxy groups -OCH3 is 1. The number of fused-ring (bicyclic) bond motifs is 1. The summed E-state index contributed by atoms with van der Waals surface area (Å²) in [6.45, 7) is 7.20. The van der Waals surface area contributed by atoms with Crippen LogP contribution in [0.5, 0.6) is 5.75 Å². The number of nitrogen functional groups attached to an aromatic ring is 1. The second-order valence-corrected chi connectivity index (χ2v) is 11.6. The highest BCUT2D eigenvalue weighted by Gasteiger charge is 2.54. The van der Waals surface area contributed by atoms with Crippen molar-refractivity contribution in [2.75, 3.05) is 19.0 Å². The Morgan fingerprint density at radius 2 is 1.97 bits per heavy atom. The number of aliphatic hydroxyl groups excluding tert-OH is 2. The smallest absolute Gasteiger partial charge is 0.323 e. The van der Waals surface area contributed by atoms with Gasteiger partial charge in [0.2, 0.25) is 5.28 Å². The van der Waals surface area contributed by atoms with E-state index >= 15 is 0 Å². The topological polar surface area (TPSA) is 175 Å². The lowest BCUT2D eigenvalue weighted by Gasteiger charge is -2.33. The Morgan fingerprint density at radius 3 is 2.61 bits per heavy atom. The van der Waals surface area contributed by atoms with E-state index in [1.54, 1.807) is 41.8 Å². The van der Waals surface area contributed by atoms with Gasteiger partial charge in [-0.15, -0.1) is 0 Å². The van der Waals surface area contributed by atoms with E-state index in [4.69, 9.17) is 26.6 Å². The number of anilines is 1. The molecule has 3 aromatic rings.